The van der Waals surface area contributed by atoms with Gasteiger partial charge in [0, 0.05) is 31.1 Å². The number of carbonyl (C=O) groups excluding carboxylic acids is 2. The van der Waals surface area contributed by atoms with Gasteiger partial charge in [0.1, 0.15) is 23.7 Å². The second-order valence-electron chi connectivity index (χ2n) is 6.79. The fraction of sp³-hybridized carbons (Fsp3) is 0.579. The Morgan fingerprint density at radius 1 is 1.04 bits per heavy atom. The zero-order chi connectivity index (χ0) is 18.7. The molecule has 1 aromatic rings. The van der Waals surface area contributed by atoms with Gasteiger partial charge in [0.25, 0.3) is 5.91 Å². The normalized spacial score (nSPS) is 23.0. The smallest absolute Gasteiger partial charge is 0.254 e. The molecular formula is C19H25FN2O4. The molecule has 3 rings (SSSR count). The first-order valence-electron chi connectivity index (χ1n) is 9.00. The van der Waals surface area contributed by atoms with Gasteiger partial charge in [-0.2, -0.15) is 0 Å². The number of carbonyl (C=O) groups is 2. The summed E-state index contributed by atoms with van der Waals surface area (Å²) in [6, 6.07) is 4.08. The Balaban J connectivity index is 1.83. The van der Waals surface area contributed by atoms with E-state index < -0.39 is 12.2 Å². The first kappa shape index (κ1) is 18.5. The molecule has 0 bridgehead atoms. The Hall–Kier alpha value is -2.31. The molecule has 0 radical (unpaired) electrons. The molecule has 0 unspecified atom stereocenters. The highest BCUT2D eigenvalue weighted by Crippen LogP contribution is 2.28. The molecule has 0 N–H and O–H groups in total. The summed E-state index contributed by atoms with van der Waals surface area (Å²) in [7, 11) is 3.00. The number of piperidine rings is 1. The topological polar surface area (TPSA) is 59.1 Å². The number of methoxy groups -OCH3 is 2. The number of rotatable bonds is 4. The second kappa shape index (κ2) is 7.93. The number of benzene rings is 1. The predicted octanol–water partition coefficient (Wildman–Crippen LogP) is 2.27. The molecule has 0 saturated carbocycles. The van der Waals surface area contributed by atoms with Crippen LogP contribution in [0.4, 0.5) is 4.39 Å². The van der Waals surface area contributed by atoms with Gasteiger partial charge in [-0.25, -0.2) is 4.39 Å². The standard InChI is InChI=1S/C19H25FN2O4/c1-25-15-8-13(9-16(11-15)26-2)18(23)22-12-14(20)10-17(22)19(24)21-6-4-3-5-7-21/h8-9,11,14,17H,3-7,10,12H2,1-2H3/t14-,17-/m0/s1. The van der Waals surface area contributed by atoms with Crippen molar-refractivity contribution in [3.8, 4) is 11.5 Å². The maximum atomic E-state index is 14.1. The van der Waals surface area contributed by atoms with Crippen molar-refractivity contribution in [1.29, 1.82) is 0 Å². The van der Waals surface area contributed by atoms with E-state index in [1.54, 1.807) is 23.1 Å². The molecule has 2 saturated heterocycles. The fourth-order valence-corrected chi connectivity index (χ4v) is 3.67. The van der Waals surface area contributed by atoms with E-state index in [1.807, 2.05) is 0 Å². The molecule has 2 amide bonds. The minimum Gasteiger partial charge on any atom is -0.497 e. The zero-order valence-corrected chi connectivity index (χ0v) is 15.2. The van der Waals surface area contributed by atoms with Gasteiger partial charge in [0.15, 0.2) is 0 Å². The van der Waals surface area contributed by atoms with E-state index in [0.29, 0.717) is 30.2 Å². The van der Waals surface area contributed by atoms with Crippen LogP contribution in [-0.2, 0) is 4.79 Å². The zero-order valence-electron chi connectivity index (χ0n) is 15.2. The molecule has 0 aliphatic carbocycles. The van der Waals surface area contributed by atoms with Gasteiger partial charge in [0.2, 0.25) is 5.91 Å². The maximum absolute atomic E-state index is 14.1. The van der Waals surface area contributed by atoms with Crippen LogP contribution in [0.15, 0.2) is 18.2 Å². The van der Waals surface area contributed by atoms with E-state index in [1.165, 1.54) is 19.1 Å². The third-order valence-corrected chi connectivity index (χ3v) is 5.06. The lowest BCUT2D eigenvalue weighted by Gasteiger charge is -2.32. The lowest BCUT2D eigenvalue weighted by Crippen LogP contribution is -2.49. The Morgan fingerprint density at radius 2 is 1.65 bits per heavy atom. The van der Waals surface area contributed by atoms with Crippen molar-refractivity contribution in [3.05, 3.63) is 23.8 Å². The van der Waals surface area contributed by atoms with Gasteiger partial charge >= 0.3 is 0 Å². The molecule has 2 aliphatic heterocycles. The highest BCUT2D eigenvalue weighted by molar-refractivity contribution is 5.98. The summed E-state index contributed by atoms with van der Waals surface area (Å²) in [5, 5.41) is 0. The van der Waals surface area contributed by atoms with Gasteiger partial charge < -0.3 is 19.3 Å². The largest absolute Gasteiger partial charge is 0.497 e. The first-order chi connectivity index (χ1) is 12.5. The molecule has 6 nitrogen and oxygen atoms in total. The number of halogens is 1. The molecule has 7 heteroatoms. The van der Waals surface area contributed by atoms with Crippen molar-refractivity contribution in [2.75, 3.05) is 33.9 Å². The molecular weight excluding hydrogens is 339 g/mol. The van der Waals surface area contributed by atoms with Crippen LogP contribution in [0.25, 0.3) is 0 Å². The van der Waals surface area contributed by atoms with E-state index >= 15 is 0 Å². The summed E-state index contributed by atoms with van der Waals surface area (Å²) in [6.45, 7) is 1.30. The summed E-state index contributed by atoms with van der Waals surface area (Å²) in [6.07, 6.45) is 1.89. The van der Waals surface area contributed by atoms with Crippen LogP contribution in [0, 0.1) is 0 Å². The highest BCUT2D eigenvalue weighted by atomic mass is 19.1. The molecule has 2 heterocycles. The van der Waals surface area contributed by atoms with Gasteiger partial charge in [-0.15, -0.1) is 0 Å². The summed E-state index contributed by atoms with van der Waals surface area (Å²) < 4.78 is 24.5. The Labute approximate surface area is 152 Å². The van der Waals surface area contributed by atoms with Crippen LogP contribution >= 0.6 is 0 Å². The van der Waals surface area contributed by atoms with Crippen molar-refractivity contribution in [2.24, 2.45) is 0 Å². The van der Waals surface area contributed by atoms with Crippen LogP contribution in [-0.4, -0.2) is 67.7 Å². The second-order valence-corrected chi connectivity index (χ2v) is 6.79. The lowest BCUT2D eigenvalue weighted by atomic mass is 10.1. The van der Waals surface area contributed by atoms with E-state index in [4.69, 9.17) is 9.47 Å². The van der Waals surface area contributed by atoms with Crippen molar-refractivity contribution in [2.45, 2.75) is 37.9 Å². The number of ether oxygens (including phenoxy) is 2. The molecule has 0 spiro atoms. The minimum absolute atomic E-state index is 0.0577. The number of nitrogens with zero attached hydrogens (tertiary/aromatic N) is 2. The number of alkyl halides is 1. The number of amides is 2. The van der Waals surface area contributed by atoms with Gasteiger partial charge in [-0.3, -0.25) is 9.59 Å². The Bertz CT molecular complexity index is 653. The molecule has 0 aromatic heterocycles. The van der Waals surface area contributed by atoms with Crippen LogP contribution in [0.1, 0.15) is 36.0 Å². The summed E-state index contributed by atoms with van der Waals surface area (Å²) in [5.74, 6) is 0.427. The van der Waals surface area contributed by atoms with Crippen molar-refractivity contribution >= 4 is 11.8 Å². The van der Waals surface area contributed by atoms with Gasteiger partial charge in [-0.05, 0) is 31.4 Å². The number of likely N-dealkylation sites (tertiary alicyclic amines) is 2. The molecule has 2 atom stereocenters. The van der Waals surface area contributed by atoms with E-state index in [0.717, 1.165) is 19.3 Å². The van der Waals surface area contributed by atoms with Crippen LogP contribution in [0.2, 0.25) is 0 Å². The quantitative estimate of drug-likeness (QED) is 0.822. The highest BCUT2D eigenvalue weighted by Gasteiger charge is 2.42. The van der Waals surface area contributed by atoms with Crippen LogP contribution in [0.5, 0.6) is 11.5 Å². The first-order valence-corrected chi connectivity index (χ1v) is 9.00. The van der Waals surface area contributed by atoms with Crippen LogP contribution < -0.4 is 9.47 Å². The monoisotopic (exact) mass is 364 g/mol. The maximum Gasteiger partial charge on any atom is 0.254 e. The molecule has 2 aliphatic rings. The Kier molecular flexibility index (Phi) is 5.64. The van der Waals surface area contributed by atoms with E-state index in [-0.39, 0.29) is 24.8 Å². The average Bonchev–Trinajstić information content (AvgIpc) is 3.08. The molecule has 2 fully saturated rings. The van der Waals surface area contributed by atoms with Crippen molar-refractivity contribution in [1.82, 2.24) is 9.80 Å². The van der Waals surface area contributed by atoms with Gasteiger partial charge in [-0.1, -0.05) is 0 Å². The lowest BCUT2D eigenvalue weighted by molar-refractivity contribution is -0.136. The third-order valence-electron chi connectivity index (χ3n) is 5.06. The fourth-order valence-electron chi connectivity index (χ4n) is 3.67. The molecule has 26 heavy (non-hydrogen) atoms. The SMILES string of the molecule is COc1cc(OC)cc(C(=O)N2C[C@@H](F)C[C@H]2C(=O)N2CCCCC2)c1. The number of hydrogen-bond acceptors (Lipinski definition) is 4. The van der Waals surface area contributed by atoms with E-state index in [2.05, 4.69) is 0 Å². The summed E-state index contributed by atoms with van der Waals surface area (Å²) >= 11 is 0. The average molecular weight is 364 g/mol. The van der Waals surface area contributed by atoms with Crippen LogP contribution in [0.3, 0.4) is 0 Å². The Morgan fingerprint density at radius 3 is 2.23 bits per heavy atom. The van der Waals surface area contributed by atoms with E-state index in [9.17, 15) is 14.0 Å². The van der Waals surface area contributed by atoms with Gasteiger partial charge in [0.05, 0.1) is 20.8 Å². The minimum atomic E-state index is -1.19. The summed E-state index contributed by atoms with van der Waals surface area (Å²) in [4.78, 5) is 29.0. The summed E-state index contributed by atoms with van der Waals surface area (Å²) in [5.41, 5.74) is 0.326. The predicted molar refractivity (Wildman–Crippen MR) is 94.3 cm³/mol. The van der Waals surface area contributed by atoms with Crippen molar-refractivity contribution < 1.29 is 23.5 Å². The number of hydrogen-bond donors (Lipinski definition) is 0. The molecule has 142 valence electrons. The third kappa shape index (κ3) is 3.76. The molecule has 1 aromatic carbocycles. The van der Waals surface area contributed by atoms with Crippen molar-refractivity contribution in [3.63, 3.8) is 0 Å².